The van der Waals surface area contributed by atoms with Gasteiger partial charge in [-0.25, -0.2) is 0 Å². The highest BCUT2D eigenvalue weighted by Crippen LogP contribution is 2.53. The third-order valence-corrected chi connectivity index (χ3v) is 10.7. The molecule has 0 aromatic heterocycles. The van der Waals surface area contributed by atoms with Crippen LogP contribution in [0.2, 0.25) is 0 Å². The minimum Gasteiger partial charge on any atom is -0.311 e. The fraction of sp³-hybridized carbons (Fsp3) is 0.0588. The Morgan fingerprint density at radius 3 is 1.15 bits per heavy atom. The Hall–Kier alpha value is -6.44. The van der Waals surface area contributed by atoms with Crippen LogP contribution in [0, 0.1) is 0 Å². The van der Waals surface area contributed by atoms with Crippen molar-refractivity contribution >= 4 is 17.1 Å². The summed E-state index contributed by atoms with van der Waals surface area (Å²) in [7, 11) is 0. The van der Waals surface area contributed by atoms with Crippen molar-refractivity contribution in [2.45, 2.75) is 19.3 Å². The maximum absolute atomic E-state index is 2.41. The number of nitrogens with zero attached hydrogens (tertiary/aromatic N) is 1. The van der Waals surface area contributed by atoms with Crippen molar-refractivity contribution in [2.75, 3.05) is 4.90 Å². The Morgan fingerprint density at radius 1 is 0.308 bits per heavy atom. The standard InChI is InChI=1S/C51H39N/c1-51(2)49-21-13-12-20-46(49)48-35-42(34-47(50(48)51)41-18-10-5-11-19-41)40-26-32-45(33-27-40)52(43-28-22-38(23-29-43)36-14-6-3-7-15-36)44-30-24-39(25-31-44)37-16-8-4-9-17-37/h3-35H,1-2H3. The summed E-state index contributed by atoms with van der Waals surface area (Å²) in [5, 5.41) is 0. The van der Waals surface area contributed by atoms with E-state index in [-0.39, 0.29) is 5.41 Å². The van der Waals surface area contributed by atoms with Gasteiger partial charge in [-0.15, -0.1) is 0 Å². The zero-order chi connectivity index (χ0) is 35.1. The van der Waals surface area contributed by atoms with Crippen LogP contribution in [0.5, 0.6) is 0 Å². The number of hydrogen-bond acceptors (Lipinski definition) is 1. The van der Waals surface area contributed by atoms with Crippen LogP contribution >= 0.6 is 0 Å². The number of hydrogen-bond donors (Lipinski definition) is 0. The van der Waals surface area contributed by atoms with E-state index in [2.05, 4.69) is 219 Å². The van der Waals surface area contributed by atoms with Gasteiger partial charge in [0.15, 0.2) is 0 Å². The van der Waals surface area contributed by atoms with Crippen LogP contribution in [-0.4, -0.2) is 0 Å². The summed E-state index contributed by atoms with van der Waals surface area (Å²) in [6, 6.07) is 72.6. The molecule has 0 spiro atoms. The van der Waals surface area contributed by atoms with Crippen molar-refractivity contribution in [3.05, 3.63) is 211 Å². The average Bonchev–Trinajstić information content (AvgIpc) is 3.45. The molecular formula is C51H39N. The summed E-state index contributed by atoms with van der Waals surface area (Å²) >= 11 is 0. The first-order valence-corrected chi connectivity index (χ1v) is 18.1. The maximum Gasteiger partial charge on any atom is 0.0462 e. The van der Waals surface area contributed by atoms with Crippen LogP contribution in [0.25, 0.3) is 55.6 Å². The third-order valence-electron chi connectivity index (χ3n) is 10.7. The fourth-order valence-electron chi connectivity index (χ4n) is 8.05. The number of fused-ring (bicyclic) bond motifs is 3. The van der Waals surface area contributed by atoms with E-state index in [1.165, 1.54) is 66.8 Å². The summed E-state index contributed by atoms with van der Waals surface area (Å²) in [4.78, 5) is 2.35. The molecule has 0 radical (unpaired) electrons. The Kier molecular flexibility index (Phi) is 7.90. The van der Waals surface area contributed by atoms with Crippen molar-refractivity contribution in [3.63, 3.8) is 0 Å². The van der Waals surface area contributed by atoms with Gasteiger partial charge in [-0.2, -0.15) is 0 Å². The minimum atomic E-state index is -0.0912. The molecular weight excluding hydrogens is 627 g/mol. The number of anilines is 3. The van der Waals surface area contributed by atoms with Crippen molar-refractivity contribution < 1.29 is 0 Å². The van der Waals surface area contributed by atoms with E-state index in [4.69, 9.17) is 0 Å². The minimum absolute atomic E-state index is 0.0912. The lowest BCUT2D eigenvalue weighted by Crippen LogP contribution is -2.16. The highest BCUT2D eigenvalue weighted by Gasteiger charge is 2.37. The van der Waals surface area contributed by atoms with Gasteiger partial charge in [-0.1, -0.05) is 166 Å². The normalized spacial score (nSPS) is 12.6. The second-order valence-electron chi connectivity index (χ2n) is 14.2. The Bertz CT molecular complexity index is 2400. The van der Waals surface area contributed by atoms with E-state index in [9.17, 15) is 0 Å². The molecule has 0 saturated carbocycles. The molecule has 1 aliphatic rings. The van der Waals surface area contributed by atoms with Crippen molar-refractivity contribution in [1.29, 1.82) is 0 Å². The Balaban J connectivity index is 1.14. The predicted octanol–water partition coefficient (Wildman–Crippen LogP) is 14.1. The average molecular weight is 666 g/mol. The lowest BCUT2D eigenvalue weighted by molar-refractivity contribution is 0.662. The molecule has 0 fully saturated rings. The molecule has 0 atom stereocenters. The van der Waals surface area contributed by atoms with Crippen LogP contribution in [0.1, 0.15) is 25.0 Å². The maximum atomic E-state index is 2.41. The summed E-state index contributed by atoms with van der Waals surface area (Å²) in [6.45, 7) is 4.73. The largest absolute Gasteiger partial charge is 0.311 e. The van der Waals surface area contributed by atoms with E-state index in [1.54, 1.807) is 0 Å². The molecule has 0 unspecified atom stereocenters. The molecule has 1 aliphatic carbocycles. The Morgan fingerprint density at radius 2 is 0.673 bits per heavy atom. The summed E-state index contributed by atoms with van der Waals surface area (Å²) in [5.74, 6) is 0. The molecule has 52 heavy (non-hydrogen) atoms. The number of rotatable bonds is 7. The van der Waals surface area contributed by atoms with Crippen LogP contribution in [0.15, 0.2) is 200 Å². The van der Waals surface area contributed by atoms with Gasteiger partial charge >= 0.3 is 0 Å². The van der Waals surface area contributed by atoms with Crippen molar-refractivity contribution in [1.82, 2.24) is 0 Å². The summed E-state index contributed by atoms with van der Waals surface area (Å²) in [6.07, 6.45) is 0. The molecule has 9 rings (SSSR count). The summed E-state index contributed by atoms with van der Waals surface area (Å²) in [5.41, 5.74) is 18.5. The summed E-state index contributed by atoms with van der Waals surface area (Å²) < 4.78 is 0. The first-order valence-electron chi connectivity index (χ1n) is 18.1. The topological polar surface area (TPSA) is 3.24 Å². The van der Waals surface area contributed by atoms with Gasteiger partial charge in [-0.05, 0) is 115 Å². The molecule has 0 amide bonds. The SMILES string of the molecule is CC1(C)c2ccccc2-c2cc(-c3ccc(N(c4ccc(-c5ccccc5)cc4)c4ccc(-c5ccccc5)cc4)cc3)cc(-c3ccccc3)c21. The monoisotopic (exact) mass is 665 g/mol. The molecule has 0 bridgehead atoms. The van der Waals surface area contributed by atoms with E-state index in [0.29, 0.717) is 0 Å². The molecule has 0 heterocycles. The molecule has 0 saturated heterocycles. The van der Waals surface area contributed by atoms with E-state index >= 15 is 0 Å². The molecule has 248 valence electrons. The first kappa shape index (κ1) is 31.5. The predicted molar refractivity (Wildman–Crippen MR) is 220 cm³/mol. The zero-order valence-corrected chi connectivity index (χ0v) is 29.5. The van der Waals surface area contributed by atoms with E-state index in [0.717, 1.165) is 17.1 Å². The van der Waals surface area contributed by atoms with E-state index in [1.807, 2.05) is 0 Å². The second-order valence-corrected chi connectivity index (χ2v) is 14.2. The van der Waals surface area contributed by atoms with Crippen molar-refractivity contribution in [2.24, 2.45) is 0 Å². The van der Waals surface area contributed by atoms with Gasteiger partial charge in [0, 0.05) is 22.5 Å². The van der Waals surface area contributed by atoms with E-state index < -0.39 is 0 Å². The fourth-order valence-corrected chi connectivity index (χ4v) is 8.05. The van der Waals surface area contributed by atoms with Gasteiger partial charge in [0.2, 0.25) is 0 Å². The molecule has 0 aliphatic heterocycles. The van der Waals surface area contributed by atoms with Gasteiger partial charge in [0.25, 0.3) is 0 Å². The van der Waals surface area contributed by atoms with Gasteiger partial charge in [0.05, 0.1) is 0 Å². The van der Waals surface area contributed by atoms with Gasteiger partial charge in [-0.3, -0.25) is 0 Å². The lowest BCUT2D eigenvalue weighted by atomic mass is 9.78. The highest BCUT2D eigenvalue weighted by molar-refractivity contribution is 5.92. The smallest absolute Gasteiger partial charge is 0.0462 e. The van der Waals surface area contributed by atoms with Gasteiger partial charge < -0.3 is 4.90 Å². The molecule has 0 N–H and O–H groups in total. The van der Waals surface area contributed by atoms with Crippen LogP contribution in [0.3, 0.4) is 0 Å². The zero-order valence-electron chi connectivity index (χ0n) is 29.5. The second kappa shape index (κ2) is 13.0. The molecule has 8 aromatic rings. The highest BCUT2D eigenvalue weighted by atomic mass is 15.1. The molecule has 8 aromatic carbocycles. The van der Waals surface area contributed by atoms with Crippen LogP contribution < -0.4 is 4.90 Å². The lowest BCUT2D eigenvalue weighted by Gasteiger charge is -2.26. The first-order chi connectivity index (χ1) is 25.5. The van der Waals surface area contributed by atoms with Crippen molar-refractivity contribution in [3.8, 4) is 55.6 Å². The third kappa shape index (κ3) is 5.61. The quantitative estimate of drug-likeness (QED) is 0.164. The number of benzene rings is 8. The molecule has 1 heteroatoms. The van der Waals surface area contributed by atoms with Crippen LogP contribution in [0.4, 0.5) is 17.1 Å². The van der Waals surface area contributed by atoms with Crippen LogP contribution in [-0.2, 0) is 5.41 Å². The Labute approximate surface area is 307 Å². The molecule has 1 nitrogen and oxygen atoms in total. The van der Waals surface area contributed by atoms with Gasteiger partial charge in [0.1, 0.15) is 0 Å².